The fourth-order valence-electron chi connectivity index (χ4n) is 1.63. The van der Waals surface area contributed by atoms with Crippen molar-refractivity contribution in [2.75, 3.05) is 0 Å². The Morgan fingerprint density at radius 2 is 1.92 bits per heavy atom. The lowest BCUT2D eigenvalue weighted by molar-refractivity contribution is -0.139. The van der Waals surface area contributed by atoms with Crippen molar-refractivity contribution in [2.45, 2.75) is 33.6 Å². The minimum Gasteiger partial charge on any atom is -0.289 e. The molecule has 1 aliphatic carbocycles. The lowest BCUT2D eigenvalue weighted by atomic mass is 9.63. The first-order valence-electron chi connectivity index (χ1n) is 4.39. The van der Waals surface area contributed by atoms with Gasteiger partial charge in [-0.1, -0.05) is 20.8 Å². The van der Waals surface area contributed by atoms with Crippen LogP contribution in [0.3, 0.4) is 0 Å². The highest BCUT2D eigenvalue weighted by Gasteiger charge is 2.40. The maximum Gasteiger partial charge on any atom is 0.246 e. The highest BCUT2D eigenvalue weighted by molar-refractivity contribution is 5.78. The maximum atomic E-state index is 10.9. The first-order valence-corrected chi connectivity index (χ1v) is 4.39. The van der Waals surface area contributed by atoms with Crippen LogP contribution in [0.15, 0.2) is 0 Å². The molecule has 0 aromatic carbocycles. The van der Waals surface area contributed by atoms with Crippen LogP contribution in [0.25, 0.3) is 0 Å². The molecule has 0 aromatic rings. The number of carbonyl (C=O) groups excluding carboxylic acids is 1. The van der Waals surface area contributed by atoms with Crippen molar-refractivity contribution in [3.63, 3.8) is 0 Å². The fourth-order valence-corrected chi connectivity index (χ4v) is 1.63. The van der Waals surface area contributed by atoms with Gasteiger partial charge >= 0.3 is 0 Å². The van der Waals surface area contributed by atoms with Crippen LogP contribution >= 0.6 is 0 Å². The van der Waals surface area contributed by atoms with E-state index in [0.717, 1.165) is 12.8 Å². The molecule has 0 bridgehead atoms. The van der Waals surface area contributed by atoms with Gasteiger partial charge < -0.3 is 0 Å². The molecule has 2 N–H and O–H groups in total. The molecular weight excluding hydrogens is 154 g/mol. The van der Waals surface area contributed by atoms with Crippen molar-refractivity contribution in [3.8, 4) is 0 Å². The number of hydrogen-bond donors (Lipinski definition) is 2. The van der Waals surface area contributed by atoms with Crippen LogP contribution in [0.2, 0.25) is 0 Å². The second kappa shape index (κ2) is 3.05. The molecule has 0 saturated heterocycles. The van der Waals surface area contributed by atoms with Gasteiger partial charge in [0.25, 0.3) is 0 Å². The number of carbonyl (C=O) groups is 1. The Kier molecular flexibility index (Phi) is 2.42. The first kappa shape index (κ1) is 9.52. The smallest absolute Gasteiger partial charge is 0.246 e. The van der Waals surface area contributed by atoms with Gasteiger partial charge in [0, 0.05) is 5.92 Å². The van der Waals surface area contributed by atoms with Crippen molar-refractivity contribution in [2.24, 2.45) is 17.3 Å². The summed E-state index contributed by atoms with van der Waals surface area (Å²) in [6.45, 7) is 6.56. The minimum atomic E-state index is -0.226. The van der Waals surface area contributed by atoms with E-state index in [-0.39, 0.29) is 11.8 Å². The van der Waals surface area contributed by atoms with Gasteiger partial charge in [-0.2, -0.15) is 0 Å². The van der Waals surface area contributed by atoms with Crippen LogP contribution in [0.4, 0.5) is 0 Å². The van der Waals surface area contributed by atoms with Gasteiger partial charge in [-0.05, 0) is 24.2 Å². The topological polar surface area (TPSA) is 49.3 Å². The van der Waals surface area contributed by atoms with Gasteiger partial charge in [-0.3, -0.25) is 10.0 Å². The van der Waals surface area contributed by atoms with Gasteiger partial charge in [0.05, 0.1) is 0 Å². The van der Waals surface area contributed by atoms with Gasteiger partial charge in [0.15, 0.2) is 0 Å². The first-order chi connectivity index (χ1) is 5.45. The summed E-state index contributed by atoms with van der Waals surface area (Å²) < 4.78 is 0. The molecule has 0 radical (unpaired) electrons. The molecule has 0 aliphatic heterocycles. The van der Waals surface area contributed by atoms with Gasteiger partial charge in [0.1, 0.15) is 0 Å². The zero-order valence-electron chi connectivity index (χ0n) is 7.92. The van der Waals surface area contributed by atoms with Crippen molar-refractivity contribution >= 4 is 5.91 Å². The predicted octanol–water partition coefficient (Wildman–Crippen LogP) is 1.56. The summed E-state index contributed by atoms with van der Waals surface area (Å²) >= 11 is 0. The molecule has 1 rings (SSSR count). The Morgan fingerprint density at radius 1 is 1.42 bits per heavy atom. The second-order valence-corrected chi connectivity index (χ2v) is 4.71. The van der Waals surface area contributed by atoms with E-state index in [4.69, 9.17) is 5.21 Å². The van der Waals surface area contributed by atoms with Gasteiger partial charge in [-0.25, -0.2) is 5.48 Å². The van der Waals surface area contributed by atoms with Crippen LogP contribution in [0.5, 0.6) is 0 Å². The summed E-state index contributed by atoms with van der Waals surface area (Å²) in [5.74, 6) is 0.439. The third-order valence-electron chi connectivity index (χ3n) is 2.84. The summed E-state index contributed by atoms with van der Waals surface area (Å²) in [5.41, 5.74) is 2.00. The minimum absolute atomic E-state index is 0.0409. The van der Waals surface area contributed by atoms with Crippen molar-refractivity contribution in [1.82, 2.24) is 5.48 Å². The molecule has 0 aromatic heterocycles. The standard InChI is InChI=1S/C9H17NO2/c1-9(2,3)7-4-6(5-7)8(11)10-12/h6-7,12H,4-5H2,1-3H3,(H,10,11). The number of nitrogens with one attached hydrogen (secondary N) is 1. The van der Waals surface area contributed by atoms with E-state index < -0.39 is 0 Å². The Balaban J connectivity index is 2.34. The lowest BCUT2D eigenvalue weighted by Crippen LogP contribution is -2.42. The van der Waals surface area contributed by atoms with Gasteiger partial charge in [0.2, 0.25) is 5.91 Å². The highest BCUT2D eigenvalue weighted by Crippen LogP contribution is 2.44. The Hall–Kier alpha value is -0.570. The maximum absolute atomic E-state index is 10.9. The lowest BCUT2D eigenvalue weighted by Gasteiger charge is -2.42. The van der Waals surface area contributed by atoms with Crippen LogP contribution in [-0.4, -0.2) is 11.1 Å². The normalized spacial score (nSPS) is 29.3. The summed E-state index contributed by atoms with van der Waals surface area (Å²) in [6, 6.07) is 0. The Labute approximate surface area is 73.1 Å². The molecule has 0 atom stereocenters. The number of hydrogen-bond acceptors (Lipinski definition) is 2. The Bertz CT molecular complexity index is 177. The van der Waals surface area contributed by atoms with E-state index in [2.05, 4.69) is 20.8 Å². The molecule has 0 unspecified atom stereocenters. The van der Waals surface area contributed by atoms with E-state index >= 15 is 0 Å². The molecule has 1 aliphatic rings. The van der Waals surface area contributed by atoms with Crippen molar-refractivity contribution in [3.05, 3.63) is 0 Å². The summed E-state index contributed by atoms with van der Waals surface area (Å²) in [7, 11) is 0. The van der Waals surface area contributed by atoms with Crippen LogP contribution in [-0.2, 0) is 4.79 Å². The van der Waals surface area contributed by atoms with Crippen LogP contribution in [0, 0.1) is 17.3 Å². The quantitative estimate of drug-likeness (QED) is 0.464. The monoisotopic (exact) mass is 171 g/mol. The molecule has 3 heteroatoms. The largest absolute Gasteiger partial charge is 0.289 e. The summed E-state index contributed by atoms with van der Waals surface area (Å²) in [6.07, 6.45) is 1.83. The molecule has 70 valence electrons. The average molecular weight is 171 g/mol. The SMILES string of the molecule is CC(C)(C)C1CC(C(=O)NO)C1. The molecule has 1 saturated carbocycles. The molecule has 0 heterocycles. The van der Waals surface area contributed by atoms with E-state index in [1.54, 1.807) is 5.48 Å². The zero-order chi connectivity index (χ0) is 9.35. The van der Waals surface area contributed by atoms with Crippen molar-refractivity contribution < 1.29 is 10.0 Å². The zero-order valence-corrected chi connectivity index (χ0v) is 7.92. The molecule has 0 spiro atoms. The number of amides is 1. The Morgan fingerprint density at radius 3 is 2.25 bits per heavy atom. The summed E-state index contributed by atoms with van der Waals surface area (Å²) in [5, 5.41) is 8.36. The second-order valence-electron chi connectivity index (χ2n) is 4.71. The third kappa shape index (κ3) is 1.78. The van der Waals surface area contributed by atoms with E-state index in [1.165, 1.54) is 0 Å². The van der Waals surface area contributed by atoms with Crippen LogP contribution < -0.4 is 5.48 Å². The highest BCUT2D eigenvalue weighted by atomic mass is 16.5. The van der Waals surface area contributed by atoms with Crippen LogP contribution in [0.1, 0.15) is 33.6 Å². The fraction of sp³-hybridized carbons (Fsp3) is 0.889. The average Bonchev–Trinajstić information content (AvgIpc) is 1.80. The molecule has 1 fully saturated rings. The summed E-state index contributed by atoms with van der Waals surface area (Å²) in [4.78, 5) is 10.9. The van der Waals surface area contributed by atoms with E-state index in [9.17, 15) is 4.79 Å². The third-order valence-corrected chi connectivity index (χ3v) is 2.84. The predicted molar refractivity (Wildman–Crippen MR) is 45.6 cm³/mol. The number of hydroxylamine groups is 1. The van der Waals surface area contributed by atoms with E-state index in [0.29, 0.717) is 11.3 Å². The van der Waals surface area contributed by atoms with E-state index in [1.807, 2.05) is 0 Å². The molecule has 3 nitrogen and oxygen atoms in total. The molecular formula is C9H17NO2. The molecule has 1 amide bonds. The molecule has 12 heavy (non-hydrogen) atoms. The number of rotatable bonds is 1. The van der Waals surface area contributed by atoms with Crippen molar-refractivity contribution in [1.29, 1.82) is 0 Å². The van der Waals surface area contributed by atoms with Gasteiger partial charge in [-0.15, -0.1) is 0 Å².